The topological polar surface area (TPSA) is 36.4 Å². The van der Waals surface area contributed by atoms with Crippen molar-refractivity contribution in [3.8, 4) is 0 Å². The second kappa shape index (κ2) is 5.72. The van der Waals surface area contributed by atoms with E-state index in [1.807, 2.05) is 25.3 Å². The lowest BCUT2D eigenvalue weighted by atomic mass is 9.68. The largest absolute Gasteiger partial charge is 0.389 e. The summed E-state index contributed by atoms with van der Waals surface area (Å²) in [5.74, 6) is 1.04. The summed E-state index contributed by atoms with van der Waals surface area (Å²) in [7, 11) is 0. The molecule has 2 fully saturated rings. The molecule has 1 saturated carbocycles. The molecule has 1 N–H and O–H groups in total. The Kier molecular flexibility index (Phi) is 3.97. The van der Waals surface area contributed by atoms with Gasteiger partial charge in [0.1, 0.15) is 5.82 Å². The Balaban J connectivity index is 1.67. The van der Waals surface area contributed by atoms with Crippen molar-refractivity contribution in [2.45, 2.75) is 58.0 Å². The molecule has 20 heavy (non-hydrogen) atoms. The number of rotatable bonds is 2. The van der Waals surface area contributed by atoms with Crippen molar-refractivity contribution < 1.29 is 5.11 Å². The van der Waals surface area contributed by atoms with E-state index in [0.717, 1.165) is 24.5 Å². The van der Waals surface area contributed by atoms with E-state index in [0.29, 0.717) is 5.41 Å². The van der Waals surface area contributed by atoms with Crippen LogP contribution in [0.25, 0.3) is 0 Å². The van der Waals surface area contributed by atoms with E-state index in [4.69, 9.17) is 0 Å². The number of hydrogen-bond acceptors (Lipinski definition) is 3. The zero-order valence-corrected chi connectivity index (χ0v) is 12.5. The summed E-state index contributed by atoms with van der Waals surface area (Å²) in [5.41, 5.74) is 1.60. The molecule has 1 aliphatic heterocycles. The van der Waals surface area contributed by atoms with Gasteiger partial charge in [-0.3, -0.25) is 0 Å². The number of piperidine rings is 1. The number of nitrogens with zero attached hydrogens (tertiary/aromatic N) is 2. The van der Waals surface area contributed by atoms with Crippen LogP contribution in [0.3, 0.4) is 0 Å². The SMILES string of the molecule is CC(O)c1ccnc(N2CCC3(CCCCC3)CC2)c1. The highest BCUT2D eigenvalue weighted by Crippen LogP contribution is 2.44. The first-order chi connectivity index (χ1) is 9.69. The smallest absolute Gasteiger partial charge is 0.128 e. The average Bonchev–Trinajstić information content (AvgIpc) is 2.49. The van der Waals surface area contributed by atoms with Gasteiger partial charge in [0, 0.05) is 19.3 Å². The highest BCUT2D eigenvalue weighted by Gasteiger charge is 2.35. The third-order valence-corrected chi connectivity index (χ3v) is 5.31. The fourth-order valence-electron chi connectivity index (χ4n) is 3.88. The van der Waals surface area contributed by atoms with Gasteiger partial charge in [0.15, 0.2) is 0 Å². The number of aromatic nitrogens is 1. The van der Waals surface area contributed by atoms with Crippen LogP contribution in [0, 0.1) is 5.41 Å². The third-order valence-electron chi connectivity index (χ3n) is 5.31. The minimum absolute atomic E-state index is 0.411. The van der Waals surface area contributed by atoms with E-state index in [2.05, 4.69) is 9.88 Å². The van der Waals surface area contributed by atoms with Gasteiger partial charge in [0.05, 0.1) is 6.10 Å². The highest BCUT2D eigenvalue weighted by atomic mass is 16.3. The van der Waals surface area contributed by atoms with Gasteiger partial charge in [-0.15, -0.1) is 0 Å². The molecule has 2 heterocycles. The molecule has 1 unspecified atom stereocenters. The van der Waals surface area contributed by atoms with Crippen LogP contribution in [-0.4, -0.2) is 23.2 Å². The van der Waals surface area contributed by atoms with Crippen LogP contribution in [0.1, 0.15) is 63.5 Å². The van der Waals surface area contributed by atoms with Crippen molar-refractivity contribution in [1.29, 1.82) is 0 Å². The zero-order valence-electron chi connectivity index (χ0n) is 12.5. The van der Waals surface area contributed by atoms with Gasteiger partial charge in [-0.05, 0) is 55.7 Å². The van der Waals surface area contributed by atoms with Crippen LogP contribution in [0.5, 0.6) is 0 Å². The fourth-order valence-corrected chi connectivity index (χ4v) is 3.88. The Labute approximate surface area is 122 Å². The average molecular weight is 274 g/mol. The van der Waals surface area contributed by atoms with Crippen molar-refractivity contribution in [3.05, 3.63) is 23.9 Å². The first-order valence-electron chi connectivity index (χ1n) is 8.08. The first-order valence-corrected chi connectivity index (χ1v) is 8.08. The van der Waals surface area contributed by atoms with Crippen molar-refractivity contribution in [2.24, 2.45) is 5.41 Å². The highest BCUT2D eigenvalue weighted by molar-refractivity contribution is 5.42. The molecule has 0 amide bonds. The Morgan fingerprint density at radius 2 is 1.85 bits per heavy atom. The number of aliphatic hydroxyl groups excluding tert-OH is 1. The minimum Gasteiger partial charge on any atom is -0.389 e. The maximum atomic E-state index is 9.70. The normalized spacial score (nSPS) is 23.8. The van der Waals surface area contributed by atoms with Gasteiger partial charge >= 0.3 is 0 Å². The molecule has 1 saturated heterocycles. The van der Waals surface area contributed by atoms with Crippen LogP contribution >= 0.6 is 0 Å². The number of aliphatic hydroxyl groups is 1. The van der Waals surface area contributed by atoms with Crippen LogP contribution in [-0.2, 0) is 0 Å². The maximum Gasteiger partial charge on any atom is 0.128 e. The van der Waals surface area contributed by atoms with Crippen molar-refractivity contribution >= 4 is 5.82 Å². The minimum atomic E-state index is -0.411. The predicted octanol–water partition coefficient (Wildman–Crippen LogP) is 3.69. The van der Waals surface area contributed by atoms with Crippen LogP contribution < -0.4 is 4.90 Å². The monoisotopic (exact) mass is 274 g/mol. The summed E-state index contributed by atoms with van der Waals surface area (Å²) < 4.78 is 0. The Morgan fingerprint density at radius 1 is 1.15 bits per heavy atom. The molecule has 0 radical (unpaired) electrons. The number of pyridine rings is 1. The second-order valence-corrected chi connectivity index (χ2v) is 6.67. The lowest BCUT2D eigenvalue weighted by molar-refractivity contribution is 0.144. The van der Waals surface area contributed by atoms with E-state index in [9.17, 15) is 5.11 Å². The van der Waals surface area contributed by atoms with Crippen LogP contribution in [0.15, 0.2) is 18.3 Å². The van der Waals surface area contributed by atoms with Crippen molar-refractivity contribution in [3.63, 3.8) is 0 Å². The van der Waals surface area contributed by atoms with Crippen molar-refractivity contribution in [2.75, 3.05) is 18.0 Å². The summed E-state index contributed by atoms with van der Waals surface area (Å²) in [5, 5.41) is 9.70. The summed E-state index contributed by atoms with van der Waals surface area (Å²) in [6, 6.07) is 3.95. The molecule has 3 nitrogen and oxygen atoms in total. The first kappa shape index (κ1) is 13.9. The lowest BCUT2D eigenvalue weighted by Gasteiger charge is -2.44. The standard InChI is InChI=1S/C17H26N2O/c1-14(20)15-5-10-18-16(13-15)19-11-8-17(9-12-19)6-3-2-4-7-17/h5,10,13-14,20H,2-4,6-9,11-12H2,1H3. The summed E-state index contributed by atoms with van der Waals surface area (Å²) in [4.78, 5) is 6.89. The lowest BCUT2D eigenvalue weighted by Crippen LogP contribution is -2.41. The molecular formula is C17H26N2O. The molecular weight excluding hydrogens is 248 g/mol. The summed E-state index contributed by atoms with van der Waals surface area (Å²) in [6.45, 7) is 4.05. The molecule has 0 aromatic carbocycles. The van der Waals surface area contributed by atoms with Gasteiger partial charge < -0.3 is 10.0 Å². The van der Waals surface area contributed by atoms with E-state index in [1.54, 1.807) is 0 Å². The zero-order chi connectivity index (χ0) is 14.0. The number of hydrogen-bond donors (Lipinski definition) is 1. The Bertz CT molecular complexity index is 442. The Morgan fingerprint density at radius 3 is 2.50 bits per heavy atom. The van der Waals surface area contributed by atoms with E-state index in [-0.39, 0.29) is 0 Å². The molecule has 1 atom stereocenters. The molecule has 2 aliphatic rings. The van der Waals surface area contributed by atoms with Gasteiger partial charge in [0.2, 0.25) is 0 Å². The predicted molar refractivity (Wildman–Crippen MR) is 81.8 cm³/mol. The van der Waals surface area contributed by atoms with Gasteiger partial charge in [-0.25, -0.2) is 4.98 Å². The quantitative estimate of drug-likeness (QED) is 0.893. The number of anilines is 1. The molecule has 3 heteroatoms. The van der Waals surface area contributed by atoms with Gasteiger partial charge in [0.25, 0.3) is 0 Å². The molecule has 1 aromatic rings. The maximum absolute atomic E-state index is 9.70. The van der Waals surface area contributed by atoms with Crippen LogP contribution in [0.4, 0.5) is 5.82 Å². The fraction of sp³-hybridized carbons (Fsp3) is 0.706. The Hall–Kier alpha value is -1.09. The summed E-state index contributed by atoms with van der Waals surface area (Å²) >= 11 is 0. The van der Waals surface area contributed by atoms with Gasteiger partial charge in [-0.1, -0.05) is 19.3 Å². The summed E-state index contributed by atoms with van der Waals surface area (Å²) in [6.07, 6.45) is 11.2. The van der Waals surface area contributed by atoms with E-state index in [1.165, 1.54) is 44.9 Å². The third kappa shape index (κ3) is 2.83. The van der Waals surface area contributed by atoms with E-state index < -0.39 is 6.10 Å². The van der Waals surface area contributed by atoms with Gasteiger partial charge in [-0.2, -0.15) is 0 Å². The van der Waals surface area contributed by atoms with Crippen LogP contribution in [0.2, 0.25) is 0 Å². The van der Waals surface area contributed by atoms with E-state index >= 15 is 0 Å². The second-order valence-electron chi connectivity index (χ2n) is 6.67. The molecule has 3 rings (SSSR count). The molecule has 110 valence electrons. The molecule has 1 aliphatic carbocycles. The van der Waals surface area contributed by atoms with Crippen molar-refractivity contribution in [1.82, 2.24) is 4.98 Å². The molecule has 0 bridgehead atoms. The molecule has 1 aromatic heterocycles. The molecule has 1 spiro atoms.